The van der Waals surface area contributed by atoms with Gasteiger partial charge >= 0.3 is 0 Å². The van der Waals surface area contributed by atoms with Gasteiger partial charge in [-0.05, 0) is 18.2 Å². The molecule has 0 bridgehead atoms. The molecule has 1 aromatic carbocycles. The summed E-state index contributed by atoms with van der Waals surface area (Å²) >= 11 is 0. The molecule has 0 aromatic heterocycles. The molecule has 0 radical (unpaired) electrons. The van der Waals surface area contributed by atoms with E-state index in [-0.39, 0.29) is 12.4 Å². The maximum absolute atomic E-state index is 13.4. The first-order chi connectivity index (χ1) is 8.77. The van der Waals surface area contributed by atoms with Crippen LogP contribution >= 0.6 is 0 Å². The van der Waals surface area contributed by atoms with E-state index in [9.17, 15) is 4.39 Å². The van der Waals surface area contributed by atoms with Gasteiger partial charge in [-0.1, -0.05) is 11.8 Å². The van der Waals surface area contributed by atoms with Gasteiger partial charge in [-0.25, -0.2) is 4.39 Å². The van der Waals surface area contributed by atoms with E-state index in [4.69, 9.17) is 14.6 Å². The van der Waals surface area contributed by atoms with Crippen LogP contribution < -0.4 is 4.74 Å². The van der Waals surface area contributed by atoms with E-state index in [0.717, 1.165) is 0 Å². The predicted molar refractivity (Wildman–Crippen MR) is 67.0 cm³/mol. The molecule has 0 amide bonds. The molecular formula is C14H17FO3. The Hall–Kier alpha value is -1.57. The van der Waals surface area contributed by atoms with Crippen LogP contribution in [0.5, 0.6) is 5.75 Å². The summed E-state index contributed by atoms with van der Waals surface area (Å²) < 4.78 is 23.6. The molecule has 0 heterocycles. The minimum absolute atomic E-state index is 0.0224. The molecule has 0 aliphatic rings. The highest BCUT2D eigenvalue weighted by atomic mass is 19.1. The Labute approximate surface area is 107 Å². The van der Waals surface area contributed by atoms with Crippen molar-refractivity contribution in [2.24, 2.45) is 0 Å². The lowest BCUT2D eigenvalue weighted by atomic mass is 10.2. The van der Waals surface area contributed by atoms with E-state index < -0.39 is 5.82 Å². The van der Waals surface area contributed by atoms with Crippen LogP contribution in [0.15, 0.2) is 18.2 Å². The summed E-state index contributed by atoms with van der Waals surface area (Å²) in [5, 5.41) is 8.61. The van der Waals surface area contributed by atoms with Crippen LogP contribution in [-0.4, -0.2) is 32.0 Å². The van der Waals surface area contributed by atoms with Crippen molar-refractivity contribution < 1.29 is 19.0 Å². The van der Waals surface area contributed by atoms with E-state index >= 15 is 0 Å². The van der Waals surface area contributed by atoms with E-state index in [1.54, 1.807) is 19.2 Å². The van der Waals surface area contributed by atoms with Crippen LogP contribution in [0.2, 0.25) is 0 Å². The van der Waals surface area contributed by atoms with E-state index in [2.05, 4.69) is 11.8 Å². The summed E-state index contributed by atoms with van der Waals surface area (Å²) in [5.41, 5.74) is 0.673. The predicted octanol–water partition coefficient (Wildman–Crippen LogP) is 1.97. The lowest BCUT2D eigenvalue weighted by Gasteiger charge is -2.07. The van der Waals surface area contributed by atoms with E-state index in [1.165, 1.54) is 6.07 Å². The smallest absolute Gasteiger partial charge is 0.165 e. The molecule has 0 fully saturated rings. The number of benzene rings is 1. The third kappa shape index (κ3) is 5.17. The fraction of sp³-hybridized carbons (Fsp3) is 0.429. The van der Waals surface area contributed by atoms with Crippen LogP contribution in [0.25, 0.3) is 0 Å². The minimum Gasteiger partial charge on any atom is -0.490 e. The van der Waals surface area contributed by atoms with E-state index in [0.29, 0.717) is 31.6 Å². The first-order valence-corrected chi connectivity index (χ1v) is 5.79. The zero-order chi connectivity index (χ0) is 13.2. The lowest BCUT2D eigenvalue weighted by molar-refractivity contribution is 0.170. The summed E-state index contributed by atoms with van der Waals surface area (Å²) in [6.45, 7) is 1.00. The molecule has 0 unspecified atom stereocenters. The summed E-state index contributed by atoms with van der Waals surface area (Å²) in [4.78, 5) is 0. The summed E-state index contributed by atoms with van der Waals surface area (Å²) in [6.07, 6.45) is 1.11. The van der Waals surface area contributed by atoms with Crippen molar-refractivity contribution in [1.29, 1.82) is 0 Å². The zero-order valence-electron chi connectivity index (χ0n) is 10.4. The van der Waals surface area contributed by atoms with Crippen LogP contribution in [0.4, 0.5) is 4.39 Å². The topological polar surface area (TPSA) is 38.7 Å². The largest absolute Gasteiger partial charge is 0.490 e. The molecule has 3 nitrogen and oxygen atoms in total. The van der Waals surface area contributed by atoms with Gasteiger partial charge in [0.25, 0.3) is 0 Å². The lowest BCUT2D eigenvalue weighted by Crippen LogP contribution is -2.02. The molecule has 0 saturated heterocycles. The monoisotopic (exact) mass is 252 g/mol. The van der Waals surface area contributed by atoms with Gasteiger partial charge in [-0.3, -0.25) is 0 Å². The van der Waals surface area contributed by atoms with E-state index in [1.807, 2.05) is 0 Å². The van der Waals surface area contributed by atoms with Crippen molar-refractivity contribution in [3.8, 4) is 17.6 Å². The Kier molecular flexibility index (Phi) is 6.85. The van der Waals surface area contributed by atoms with Gasteiger partial charge in [0.05, 0.1) is 13.2 Å². The Balaban J connectivity index is 2.61. The summed E-state index contributed by atoms with van der Waals surface area (Å²) in [6, 6.07) is 4.48. The molecule has 98 valence electrons. The zero-order valence-corrected chi connectivity index (χ0v) is 10.4. The SMILES string of the molecule is COCCCOc1cc(C#CCCO)ccc1F. The molecular weight excluding hydrogens is 235 g/mol. The molecule has 18 heavy (non-hydrogen) atoms. The first kappa shape index (κ1) is 14.5. The quantitative estimate of drug-likeness (QED) is 0.621. The van der Waals surface area contributed by atoms with Crippen LogP contribution in [0.1, 0.15) is 18.4 Å². The van der Waals surface area contributed by atoms with Gasteiger partial charge in [0.2, 0.25) is 0 Å². The van der Waals surface area contributed by atoms with Gasteiger partial charge in [0.1, 0.15) is 0 Å². The van der Waals surface area contributed by atoms with Crippen molar-refractivity contribution >= 4 is 0 Å². The maximum Gasteiger partial charge on any atom is 0.165 e. The Morgan fingerprint density at radius 1 is 1.33 bits per heavy atom. The van der Waals surface area contributed by atoms with Gasteiger partial charge < -0.3 is 14.6 Å². The summed E-state index contributed by atoms with van der Waals surface area (Å²) in [5.74, 6) is 5.40. The van der Waals surface area contributed by atoms with Crippen LogP contribution in [-0.2, 0) is 4.74 Å². The third-order valence-electron chi connectivity index (χ3n) is 2.15. The van der Waals surface area contributed by atoms with Crippen molar-refractivity contribution in [2.75, 3.05) is 26.9 Å². The molecule has 0 spiro atoms. The molecule has 4 heteroatoms. The average Bonchev–Trinajstić information content (AvgIpc) is 2.38. The fourth-order valence-electron chi connectivity index (χ4n) is 1.30. The number of halogens is 1. The second-order valence-electron chi connectivity index (χ2n) is 3.62. The van der Waals surface area contributed by atoms with Crippen molar-refractivity contribution in [1.82, 2.24) is 0 Å². The second kappa shape index (κ2) is 8.51. The van der Waals surface area contributed by atoms with Gasteiger partial charge in [0, 0.05) is 32.1 Å². The summed E-state index contributed by atoms with van der Waals surface area (Å²) in [7, 11) is 1.61. The number of hydrogen-bond acceptors (Lipinski definition) is 3. The van der Waals surface area contributed by atoms with Gasteiger partial charge in [-0.2, -0.15) is 0 Å². The van der Waals surface area contributed by atoms with Crippen molar-refractivity contribution in [3.63, 3.8) is 0 Å². The molecule has 0 aliphatic carbocycles. The van der Waals surface area contributed by atoms with Crippen LogP contribution in [0.3, 0.4) is 0 Å². The Morgan fingerprint density at radius 2 is 2.17 bits per heavy atom. The second-order valence-corrected chi connectivity index (χ2v) is 3.62. The average molecular weight is 252 g/mol. The Morgan fingerprint density at radius 3 is 2.89 bits per heavy atom. The number of hydrogen-bond donors (Lipinski definition) is 1. The number of methoxy groups -OCH3 is 1. The van der Waals surface area contributed by atoms with Gasteiger partial charge in [-0.15, -0.1) is 0 Å². The molecule has 0 aliphatic heterocycles. The maximum atomic E-state index is 13.4. The number of rotatable bonds is 6. The Bertz CT molecular complexity index is 421. The minimum atomic E-state index is -0.403. The highest BCUT2D eigenvalue weighted by Gasteiger charge is 2.03. The normalized spacial score (nSPS) is 9.72. The van der Waals surface area contributed by atoms with Gasteiger partial charge in [0.15, 0.2) is 11.6 Å². The molecule has 1 rings (SSSR count). The fourth-order valence-corrected chi connectivity index (χ4v) is 1.30. The molecule has 1 aromatic rings. The number of aliphatic hydroxyl groups is 1. The standard InChI is InChI=1S/C14H17FO3/c1-17-9-4-10-18-14-11-12(5-2-3-8-16)6-7-13(14)15/h6-7,11,16H,3-4,8-10H2,1H3. The third-order valence-corrected chi connectivity index (χ3v) is 2.15. The van der Waals surface area contributed by atoms with Crippen LogP contribution in [0, 0.1) is 17.7 Å². The van der Waals surface area contributed by atoms with Crippen molar-refractivity contribution in [3.05, 3.63) is 29.6 Å². The number of ether oxygens (including phenoxy) is 2. The highest BCUT2D eigenvalue weighted by molar-refractivity contribution is 5.40. The first-order valence-electron chi connectivity index (χ1n) is 5.79. The number of aliphatic hydroxyl groups excluding tert-OH is 1. The molecule has 0 atom stereocenters. The van der Waals surface area contributed by atoms with Crippen molar-refractivity contribution in [2.45, 2.75) is 12.8 Å². The molecule has 1 N–H and O–H groups in total. The molecule has 0 saturated carbocycles. The highest BCUT2D eigenvalue weighted by Crippen LogP contribution is 2.18.